The Bertz CT molecular complexity index is 696. The van der Waals surface area contributed by atoms with E-state index in [0.717, 1.165) is 10.5 Å². The Balaban J connectivity index is 2.02. The number of phenolic OH excluding ortho intramolecular Hbond substituents is 2. The Labute approximate surface area is 128 Å². The quantitative estimate of drug-likeness (QED) is 0.654. The molecule has 0 saturated carbocycles. The summed E-state index contributed by atoms with van der Waals surface area (Å²) in [6, 6.07) is 10.2. The van der Waals surface area contributed by atoms with Gasteiger partial charge in [0.25, 0.3) is 0 Å². The van der Waals surface area contributed by atoms with Crippen LogP contribution in [-0.2, 0) is 4.74 Å². The molecule has 0 fully saturated rings. The number of benzene rings is 2. The van der Waals surface area contributed by atoms with Gasteiger partial charge in [-0.3, -0.25) is 4.79 Å². The van der Waals surface area contributed by atoms with E-state index in [1.54, 1.807) is 24.3 Å². The maximum absolute atomic E-state index is 11.9. The predicted octanol–water partition coefficient (Wildman–Crippen LogP) is 2.90. The minimum Gasteiger partial charge on any atom is -0.508 e. The molecular formula is C15H11BrO5. The number of esters is 1. The van der Waals surface area contributed by atoms with E-state index in [1.165, 1.54) is 12.1 Å². The SMILES string of the molecule is O=C(COC(=O)c1ccc(O)cc1O)c1cccc(Br)c1. The molecule has 2 aromatic rings. The number of rotatable bonds is 4. The minimum absolute atomic E-state index is 0.116. The summed E-state index contributed by atoms with van der Waals surface area (Å²) < 4.78 is 5.61. The lowest BCUT2D eigenvalue weighted by molar-refractivity contribution is 0.0472. The van der Waals surface area contributed by atoms with Crippen LogP contribution in [0.15, 0.2) is 46.9 Å². The van der Waals surface area contributed by atoms with Gasteiger partial charge in [0.05, 0.1) is 0 Å². The second-order valence-electron chi connectivity index (χ2n) is 4.21. The predicted molar refractivity (Wildman–Crippen MR) is 78.5 cm³/mol. The van der Waals surface area contributed by atoms with Crippen molar-refractivity contribution < 1.29 is 24.5 Å². The standard InChI is InChI=1S/C15H11BrO5/c16-10-3-1-2-9(6-10)14(19)8-21-15(20)12-5-4-11(17)7-13(12)18/h1-7,17-18H,8H2. The number of ether oxygens (including phenoxy) is 1. The summed E-state index contributed by atoms with van der Waals surface area (Å²) >= 11 is 3.25. The average molecular weight is 351 g/mol. The Morgan fingerprint density at radius 3 is 2.52 bits per heavy atom. The number of aromatic hydroxyl groups is 2. The monoisotopic (exact) mass is 350 g/mol. The lowest BCUT2D eigenvalue weighted by Crippen LogP contribution is -2.14. The Morgan fingerprint density at radius 2 is 1.86 bits per heavy atom. The topological polar surface area (TPSA) is 83.8 Å². The van der Waals surface area contributed by atoms with Gasteiger partial charge in [0.1, 0.15) is 17.1 Å². The van der Waals surface area contributed by atoms with Crippen molar-refractivity contribution in [2.45, 2.75) is 0 Å². The van der Waals surface area contributed by atoms with E-state index in [2.05, 4.69) is 15.9 Å². The third kappa shape index (κ3) is 3.82. The molecule has 108 valence electrons. The molecule has 0 radical (unpaired) electrons. The summed E-state index contributed by atoms with van der Waals surface area (Å²) in [7, 11) is 0. The molecule has 0 atom stereocenters. The lowest BCUT2D eigenvalue weighted by Gasteiger charge is -2.06. The zero-order valence-electron chi connectivity index (χ0n) is 10.7. The van der Waals surface area contributed by atoms with Crippen molar-refractivity contribution in [3.05, 3.63) is 58.1 Å². The molecule has 5 nitrogen and oxygen atoms in total. The maximum atomic E-state index is 11.9. The van der Waals surface area contributed by atoms with Crippen LogP contribution in [0.25, 0.3) is 0 Å². The van der Waals surface area contributed by atoms with Gasteiger partial charge >= 0.3 is 5.97 Å². The first kappa shape index (κ1) is 15.1. The number of carbonyl (C=O) groups excluding carboxylic acids is 2. The summed E-state index contributed by atoms with van der Waals surface area (Å²) in [6.45, 7) is -0.435. The van der Waals surface area contributed by atoms with Crippen LogP contribution in [0.3, 0.4) is 0 Å². The Kier molecular flexibility index (Phi) is 4.59. The number of hydrogen-bond donors (Lipinski definition) is 2. The fraction of sp³-hybridized carbons (Fsp3) is 0.0667. The van der Waals surface area contributed by atoms with Gasteiger partial charge in [-0.2, -0.15) is 0 Å². The number of ketones is 1. The van der Waals surface area contributed by atoms with Crippen LogP contribution >= 0.6 is 15.9 Å². The fourth-order valence-corrected chi connectivity index (χ4v) is 2.05. The van der Waals surface area contributed by atoms with Gasteiger partial charge in [-0.25, -0.2) is 4.79 Å². The largest absolute Gasteiger partial charge is 0.508 e. The Morgan fingerprint density at radius 1 is 1.10 bits per heavy atom. The second-order valence-corrected chi connectivity index (χ2v) is 5.13. The van der Waals surface area contributed by atoms with E-state index in [0.29, 0.717) is 5.56 Å². The highest BCUT2D eigenvalue weighted by Gasteiger charge is 2.15. The highest BCUT2D eigenvalue weighted by atomic mass is 79.9. The molecule has 0 aliphatic rings. The maximum Gasteiger partial charge on any atom is 0.342 e. The molecule has 0 spiro atoms. The van der Waals surface area contributed by atoms with Gasteiger partial charge in [-0.05, 0) is 24.3 Å². The third-order valence-corrected chi connectivity index (χ3v) is 3.18. The van der Waals surface area contributed by atoms with Crippen molar-refractivity contribution in [1.29, 1.82) is 0 Å². The molecule has 2 aromatic carbocycles. The molecule has 0 saturated heterocycles. The Hall–Kier alpha value is -2.34. The van der Waals surface area contributed by atoms with Crippen molar-refractivity contribution in [3.63, 3.8) is 0 Å². The average Bonchev–Trinajstić information content (AvgIpc) is 2.44. The molecule has 2 N–H and O–H groups in total. The smallest absolute Gasteiger partial charge is 0.342 e. The van der Waals surface area contributed by atoms with Crippen molar-refractivity contribution in [1.82, 2.24) is 0 Å². The van der Waals surface area contributed by atoms with E-state index < -0.39 is 18.3 Å². The molecule has 6 heteroatoms. The number of phenols is 2. The molecular weight excluding hydrogens is 340 g/mol. The van der Waals surface area contributed by atoms with Gasteiger partial charge in [-0.15, -0.1) is 0 Å². The van der Waals surface area contributed by atoms with Crippen LogP contribution in [0.5, 0.6) is 11.5 Å². The summed E-state index contributed by atoms with van der Waals surface area (Å²) in [4.78, 5) is 23.6. The fourth-order valence-electron chi connectivity index (χ4n) is 1.65. The summed E-state index contributed by atoms with van der Waals surface area (Å²) in [5.41, 5.74) is 0.293. The van der Waals surface area contributed by atoms with Gasteiger partial charge in [-0.1, -0.05) is 28.1 Å². The summed E-state index contributed by atoms with van der Waals surface area (Å²) in [5.74, 6) is -1.78. The van der Waals surface area contributed by atoms with Gasteiger partial charge < -0.3 is 14.9 Å². The molecule has 2 rings (SSSR count). The van der Waals surface area contributed by atoms with Crippen LogP contribution in [-0.4, -0.2) is 28.6 Å². The second kappa shape index (κ2) is 6.41. The zero-order chi connectivity index (χ0) is 15.4. The molecule has 0 aliphatic heterocycles. The van der Waals surface area contributed by atoms with Crippen molar-refractivity contribution in [2.24, 2.45) is 0 Å². The highest BCUT2D eigenvalue weighted by Crippen LogP contribution is 2.23. The van der Waals surface area contributed by atoms with Crippen LogP contribution in [0, 0.1) is 0 Å². The number of Topliss-reactive ketones (excluding diaryl/α,β-unsaturated/α-hetero) is 1. The van der Waals surface area contributed by atoms with Crippen molar-refractivity contribution in [3.8, 4) is 11.5 Å². The lowest BCUT2D eigenvalue weighted by atomic mass is 10.1. The normalized spacial score (nSPS) is 10.1. The van der Waals surface area contributed by atoms with Crippen LogP contribution in [0.2, 0.25) is 0 Å². The van der Waals surface area contributed by atoms with E-state index in [4.69, 9.17) is 9.84 Å². The minimum atomic E-state index is -0.837. The first-order valence-electron chi connectivity index (χ1n) is 5.95. The van der Waals surface area contributed by atoms with E-state index in [-0.39, 0.29) is 17.1 Å². The third-order valence-electron chi connectivity index (χ3n) is 2.68. The highest BCUT2D eigenvalue weighted by molar-refractivity contribution is 9.10. The van der Waals surface area contributed by atoms with E-state index in [9.17, 15) is 14.7 Å². The van der Waals surface area contributed by atoms with Crippen LogP contribution in [0.1, 0.15) is 20.7 Å². The molecule has 0 unspecified atom stereocenters. The van der Waals surface area contributed by atoms with Crippen molar-refractivity contribution in [2.75, 3.05) is 6.61 Å². The molecule has 21 heavy (non-hydrogen) atoms. The summed E-state index contributed by atoms with van der Waals surface area (Å²) in [5, 5.41) is 18.7. The van der Waals surface area contributed by atoms with Gasteiger partial charge in [0, 0.05) is 16.1 Å². The van der Waals surface area contributed by atoms with Crippen molar-refractivity contribution >= 4 is 27.7 Å². The molecule has 0 aliphatic carbocycles. The zero-order valence-corrected chi connectivity index (χ0v) is 12.3. The summed E-state index contributed by atoms with van der Waals surface area (Å²) in [6.07, 6.45) is 0. The first-order chi connectivity index (χ1) is 9.97. The molecule has 0 aromatic heterocycles. The number of carbonyl (C=O) groups is 2. The van der Waals surface area contributed by atoms with Gasteiger partial charge in [0.2, 0.25) is 0 Å². The number of halogens is 1. The molecule has 0 heterocycles. The molecule has 0 amide bonds. The number of hydrogen-bond acceptors (Lipinski definition) is 5. The van der Waals surface area contributed by atoms with Crippen LogP contribution in [0.4, 0.5) is 0 Å². The van der Waals surface area contributed by atoms with E-state index in [1.807, 2.05) is 0 Å². The molecule has 0 bridgehead atoms. The first-order valence-corrected chi connectivity index (χ1v) is 6.74. The van der Waals surface area contributed by atoms with Crippen LogP contribution < -0.4 is 0 Å². The van der Waals surface area contributed by atoms with Gasteiger partial charge in [0.15, 0.2) is 12.4 Å². The van der Waals surface area contributed by atoms with E-state index >= 15 is 0 Å².